The monoisotopic (exact) mass is 399 g/mol. The Balaban J connectivity index is 1.58. The standard InChI is InChI=1S/C24H37N3O2/c1-4-6-7-8-9-10-11-16-29-22-13-12-19(17-23(22)28-3)24-20-18-27(5-2)15-14-21(20)25-26-24/h12-13,17H,4-11,14-16,18H2,1-3H3,(H,25,26). The minimum atomic E-state index is 0.743. The highest BCUT2D eigenvalue weighted by atomic mass is 16.5. The third-order valence-corrected chi connectivity index (χ3v) is 5.90. The van der Waals surface area contributed by atoms with Crippen molar-refractivity contribution in [2.24, 2.45) is 0 Å². The molecule has 5 heteroatoms. The second-order valence-corrected chi connectivity index (χ2v) is 7.98. The fourth-order valence-electron chi connectivity index (χ4n) is 4.04. The number of H-pyrrole nitrogens is 1. The Labute approximate surface area is 175 Å². The van der Waals surface area contributed by atoms with E-state index in [2.05, 4.69) is 41.1 Å². The smallest absolute Gasteiger partial charge is 0.161 e. The molecule has 1 N–H and O–H groups in total. The van der Waals surface area contributed by atoms with Crippen molar-refractivity contribution in [3.05, 3.63) is 29.5 Å². The Morgan fingerprint density at radius 1 is 1.03 bits per heavy atom. The summed E-state index contributed by atoms with van der Waals surface area (Å²) >= 11 is 0. The summed E-state index contributed by atoms with van der Waals surface area (Å²) in [5.41, 5.74) is 4.70. The summed E-state index contributed by atoms with van der Waals surface area (Å²) in [6.45, 7) is 8.33. The van der Waals surface area contributed by atoms with Crippen LogP contribution in [0.4, 0.5) is 0 Å². The van der Waals surface area contributed by atoms with Crippen LogP contribution < -0.4 is 9.47 Å². The van der Waals surface area contributed by atoms with E-state index >= 15 is 0 Å². The van der Waals surface area contributed by atoms with Gasteiger partial charge in [-0.1, -0.05) is 52.4 Å². The molecule has 1 aliphatic rings. The van der Waals surface area contributed by atoms with Crippen LogP contribution in [-0.4, -0.2) is 41.9 Å². The van der Waals surface area contributed by atoms with Gasteiger partial charge < -0.3 is 9.47 Å². The van der Waals surface area contributed by atoms with Crippen molar-refractivity contribution < 1.29 is 9.47 Å². The van der Waals surface area contributed by atoms with Gasteiger partial charge in [0.2, 0.25) is 0 Å². The van der Waals surface area contributed by atoms with Crippen molar-refractivity contribution in [3.8, 4) is 22.8 Å². The van der Waals surface area contributed by atoms with Gasteiger partial charge in [0, 0.05) is 36.3 Å². The first-order valence-corrected chi connectivity index (χ1v) is 11.4. The molecule has 3 rings (SSSR count). The molecule has 1 aromatic carbocycles. The van der Waals surface area contributed by atoms with E-state index in [4.69, 9.17) is 9.47 Å². The molecule has 160 valence electrons. The first kappa shape index (κ1) is 21.7. The largest absolute Gasteiger partial charge is 0.493 e. The van der Waals surface area contributed by atoms with Crippen molar-refractivity contribution in [3.63, 3.8) is 0 Å². The van der Waals surface area contributed by atoms with Gasteiger partial charge in [0.25, 0.3) is 0 Å². The third kappa shape index (κ3) is 5.75. The van der Waals surface area contributed by atoms with Gasteiger partial charge in [0.15, 0.2) is 11.5 Å². The molecule has 0 unspecified atom stereocenters. The summed E-state index contributed by atoms with van der Waals surface area (Å²) in [6.07, 6.45) is 10.0. The van der Waals surface area contributed by atoms with Gasteiger partial charge in [-0.2, -0.15) is 5.10 Å². The first-order chi connectivity index (χ1) is 14.3. The Kier molecular flexibility index (Phi) is 8.41. The van der Waals surface area contributed by atoms with E-state index in [1.54, 1.807) is 7.11 Å². The second-order valence-electron chi connectivity index (χ2n) is 7.98. The second kappa shape index (κ2) is 11.2. The predicted molar refractivity (Wildman–Crippen MR) is 119 cm³/mol. The fraction of sp³-hybridized carbons (Fsp3) is 0.625. The van der Waals surface area contributed by atoms with Gasteiger partial charge >= 0.3 is 0 Å². The van der Waals surface area contributed by atoms with Crippen LogP contribution in [0, 0.1) is 0 Å². The fourth-order valence-corrected chi connectivity index (χ4v) is 4.04. The molecule has 0 atom stereocenters. The normalized spacial score (nSPS) is 14.0. The molecule has 2 aromatic rings. The number of ether oxygens (including phenoxy) is 2. The summed E-state index contributed by atoms with van der Waals surface area (Å²) < 4.78 is 11.6. The Bertz CT molecular complexity index is 757. The summed E-state index contributed by atoms with van der Waals surface area (Å²) in [5.74, 6) is 1.60. The molecule has 0 saturated carbocycles. The van der Waals surface area contributed by atoms with Crippen molar-refractivity contribution in [2.45, 2.75) is 71.8 Å². The third-order valence-electron chi connectivity index (χ3n) is 5.90. The molecule has 0 saturated heterocycles. The number of aromatic nitrogens is 2. The molecule has 29 heavy (non-hydrogen) atoms. The zero-order valence-corrected chi connectivity index (χ0v) is 18.4. The highest BCUT2D eigenvalue weighted by molar-refractivity contribution is 5.68. The van der Waals surface area contributed by atoms with Crippen molar-refractivity contribution in [1.82, 2.24) is 15.1 Å². The maximum Gasteiger partial charge on any atom is 0.161 e. The van der Waals surface area contributed by atoms with Gasteiger partial charge in [0.1, 0.15) is 0 Å². The number of nitrogens with one attached hydrogen (secondary N) is 1. The summed E-state index contributed by atoms with van der Waals surface area (Å²) in [4.78, 5) is 2.46. The lowest BCUT2D eigenvalue weighted by atomic mass is 10.0. The van der Waals surface area contributed by atoms with Gasteiger partial charge in [-0.3, -0.25) is 10.00 Å². The lowest BCUT2D eigenvalue weighted by Crippen LogP contribution is -2.30. The van der Waals surface area contributed by atoms with Crippen LogP contribution in [0.25, 0.3) is 11.3 Å². The predicted octanol–water partition coefficient (Wildman–Crippen LogP) is 5.59. The molecular weight excluding hydrogens is 362 g/mol. The molecule has 0 spiro atoms. The summed E-state index contributed by atoms with van der Waals surface area (Å²) in [6, 6.07) is 6.18. The molecule has 1 aromatic heterocycles. The van der Waals surface area contributed by atoms with E-state index in [0.717, 1.165) is 61.8 Å². The number of benzene rings is 1. The number of nitrogens with zero attached hydrogens (tertiary/aromatic N) is 2. The maximum absolute atomic E-state index is 6.01. The van der Waals surface area contributed by atoms with Crippen LogP contribution >= 0.6 is 0 Å². The molecule has 0 radical (unpaired) electrons. The SMILES string of the molecule is CCCCCCCCCOc1ccc(-c2n[nH]c3c2CN(CC)CC3)cc1OC. The zero-order valence-electron chi connectivity index (χ0n) is 18.4. The number of hydrogen-bond acceptors (Lipinski definition) is 4. The minimum absolute atomic E-state index is 0.743. The highest BCUT2D eigenvalue weighted by Crippen LogP contribution is 2.35. The van der Waals surface area contributed by atoms with E-state index < -0.39 is 0 Å². The topological polar surface area (TPSA) is 50.4 Å². The lowest BCUT2D eigenvalue weighted by Gasteiger charge is -2.25. The average Bonchev–Trinajstić information content (AvgIpc) is 3.18. The van der Waals surface area contributed by atoms with Gasteiger partial charge in [-0.25, -0.2) is 0 Å². The molecule has 1 aliphatic heterocycles. The Morgan fingerprint density at radius 2 is 1.83 bits per heavy atom. The van der Waals surface area contributed by atoms with Crippen LogP contribution in [-0.2, 0) is 13.0 Å². The number of likely N-dealkylation sites (N-methyl/N-ethyl adjacent to an activating group) is 1. The first-order valence-electron chi connectivity index (χ1n) is 11.4. The molecule has 2 heterocycles. The zero-order chi connectivity index (χ0) is 20.5. The lowest BCUT2D eigenvalue weighted by molar-refractivity contribution is 0.267. The Morgan fingerprint density at radius 3 is 2.59 bits per heavy atom. The molecule has 0 bridgehead atoms. The number of fused-ring (bicyclic) bond motifs is 1. The average molecular weight is 400 g/mol. The number of hydrogen-bond donors (Lipinski definition) is 1. The number of rotatable bonds is 12. The Hall–Kier alpha value is -2.01. The quantitative estimate of drug-likeness (QED) is 0.473. The van der Waals surface area contributed by atoms with E-state index in [0.29, 0.717) is 0 Å². The molecule has 0 fully saturated rings. The van der Waals surface area contributed by atoms with Crippen LogP contribution in [0.15, 0.2) is 18.2 Å². The number of methoxy groups -OCH3 is 1. The highest BCUT2D eigenvalue weighted by Gasteiger charge is 2.22. The summed E-state index contributed by atoms with van der Waals surface area (Å²) in [5, 5.41) is 7.85. The van der Waals surface area contributed by atoms with E-state index in [1.807, 2.05) is 6.07 Å². The van der Waals surface area contributed by atoms with Gasteiger partial charge in [-0.05, 0) is 31.2 Å². The van der Waals surface area contributed by atoms with E-state index in [1.165, 1.54) is 49.8 Å². The van der Waals surface area contributed by atoms with Crippen LogP contribution in [0.2, 0.25) is 0 Å². The number of aromatic amines is 1. The van der Waals surface area contributed by atoms with Crippen molar-refractivity contribution >= 4 is 0 Å². The van der Waals surface area contributed by atoms with Crippen LogP contribution in [0.3, 0.4) is 0 Å². The molecular formula is C24H37N3O2. The van der Waals surface area contributed by atoms with E-state index in [-0.39, 0.29) is 0 Å². The minimum Gasteiger partial charge on any atom is -0.493 e. The van der Waals surface area contributed by atoms with Gasteiger partial charge in [0.05, 0.1) is 19.4 Å². The number of unbranched alkanes of at least 4 members (excludes halogenated alkanes) is 6. The molecule has 0 aliphatic carbocycles. The molecule has 5 nitrogen and oxygen atoms in total. The van der Waals surface area contributed by atoms with Crippen molar-refractivity contribution in [2.75, 3.05) is 26.8 Å². The summed E-state index contributed by atoms with van der Waals surface area (Å²) in [7, 11) is 1.71. The van der Waals surface area contributed by atoms with Gasteiger partial charge in [-0.15, -0.1) is 0 Å². The van der Waals surface area contributed by atoms with E-state index in [9.17, 15) is 0 Å². The molecule has 0 amide bonds. The van der Waals surface area contributed by atoms with Crippen molar-refractivity contribution in [1.29, 1.82) is 0 Å². The van der Waals surface area contributed by atoms with Crippen LogP contribution in [0.5, 0.6) is 11.5 Å². The maximum atomic E-state index is 6.01. The van der Waals surface area contributed by atoms with Crippen LogP contribution in [0.1, 0.15) is 70.1 Å².